The Labute approximate surface area is 150 Å². The van der Waals surface area contributed by atoms with E-state index >= 15 is 0 Å². The van der Waals surface area contributed by atoms with Crippen LogP contribution >= 0.6 is 11.3 Å². The second kappa shape index (κ2) is 8.48. The van der Waals surface area contributed by atoms with Gasteiger partial charge in [0.25, 0.3) is 5.91 Å². The molecular formula is C20H32N2OS. The van der Waals surface area contributed by atoms with Crippen molar-refractivity contribution in [1.29, 1.82) is 0 Å². The molecule has 1 saturated heterocycles. The zero-order chi connectivity index (χ0) is 16.9. The number of rotatable bonds is 5. The number of amides is 1. The summed E-state index contributed by atoms with van der Waals surface area (Å²) in [5.74, 6) is 1.77. The molecule has 4 heteroatoms. The summed E-state index contributed by atoms with van der Waals surface area (Å²) in [7, 11) is 0. The van der Waals surface area contributed by atoms with E-state index in [1.54, 1.807) is 11.3 Å². The van der Waals surface area contributed by atoms with Gasteiger partial charge in [0.15, 0.2) is 0 Å². The van der Waals surface area contributed by atoms with Crippen LogP contribution in [-0.2, 0) is 12.8 Å². The van der Waals surface area contributed by atoms with E-state index in [2.05, 4.69) is 29.4 Å². The van der Waals surface area contributed by atoms with Crippen molar-refractivity contribution in [2.45, 2.75) is 58.8 Å². The highest BCUT2D eigenvalue weighted by Gasteiger charge is 2.22. The van der Waals surface area contributed by atoms with Crippen LogP contribution in [0.5, 0.6) is 0 Å². The molecule has 0 saturated carbocycles. The molecule has 1 aliphatic heterocycles. The lowest BCUT2D eigenvalue weighted by Crippen LogP contribution is -2.40. The molecule has 1 fully saturated rings. The van der Waals surface area contributed by atoms with Gasteiger partial charge >= 0.3 is 0 Å². The number of aryl methyl sites for hydroxylation is 1. The molecule has 3 rings (SSSR count). The van der Waals surface area contributed by atoms with Crippen molar-refractivity contribution in [3.8, 4) is 0 Å². The first-order chi connectivity index (χ1) is 11.6. The van der Waals surface area contributed by atoms with E-state index in [9.17, 15) is 4.79 Å². The maximum Gasteiger partial charge on any atom is 0.252 e. The molecule has 24 heavy (non-hydrogen) atoms. The molecule has 2 aliphatic rings. The van der Waals surface area contributed by atoms with Crippen LogP contribution in [0, 0.1) is 11.8 Å². The number of fused-ring (bicyclic) bond motifs is 1. The fraction of sp³-hybridized carbons (Fsp3) is 0.750. The molecule has 1 aliphatic carbocycles. The van der Waals surface area contributed by atoms with Crippen LogP contribution < -0.4 is 5.32 Å². The lowest BCUT2D eigenvalue weighted by Gasteiger charge is -2.34. The van der Waals surface area contributed by atoms with Crippen molar-refractivity contribution >= 4 is 17.2 Å². The number of piperidine rings is 1. The zero-order valence-corrected chi connectivity index (χ0v) is 16.1. The molecule has 3 nitrogen and oxygen atoms in total. The molecule has 2 atom stereocenters. The molecular weight excluding hydrogens is 316 g/mol. The monoisotopic (exact) mass is 348 g/mol. The van der Waals surface area contributed by atoms with Gasteiger partial charge in [0.1, 0.15) is 0 Å². The maximum atomic E-state index is 12.5. The van der Waals surface area contributed by atoms with E-state index < -0.39 is 0 Å². The topological polar surface area (TPSA) is 32.3 Å². The van der Waals surface area contributed by atoms with E-state index in [0.717, 1.165) is 43.3 Å². The minimum Gasteiger partial charge on any atom is -0.352 e. The summed E-state index contributed by atoms with van der Waals surface area (Å²) < 4.78 is 0. The third-order valence-electron chi connectivity index (χ3n) is 5.44. The van der Waals surface area contributed by atoms with E-state index in [4.69, 9.17) is 0 Å². The second-order valence-corrected chi connectivity index (χ2v) is 8.89. The minimum absolute atomic E-state index is 0.148. The Morgan fingerprint density at radius 2 is 1.96 bits per heavy atom. The quantitative estimate of drug-likeness (QED) is 0.641. The van der Waals surface area contributed by atoms with Crippen molar-refractivity contribution in [3.63, 3.8) is 0 Å². The summed E-state index contributed by atoms with van der Waals surface area (Å²) in [4.78, 5) is 16.6. The normalized spacial score (nSPS) is 25.1. The predicted molar refractivity (Wildman–Crippen MR) is 102 cm³/mol. The van der Waals surface area contributed by atoms with Crippen molar-refractivity contribution in [1.82, 2.24) is 10.2 Å². The van der Waals surface area contributed by atoms with E-state index in [1.165, 1.54) is 55.6 Å². The summed E-state index contributed by atoms with van der Waals surface area (Å²) in [6, 6.07) is 0. The average molecular weight is 349 g/mol. The average Bonchev–Trinajstić information content (AvgIpc) is 2.79. The Hall–Kier alpha value is -0.870. The molecule has 134 valence electrons. The van der Waals surface area contributed by atoms with E-state index in [1.807, 2.05) is 0 Å². The number of carbonyl (C=O) groups is 1. The fourth-order valence-corrected chi connectivity index (χ4v) is 5.56. The number of nitrogens with one attached hydrogen (secondary N) is 1. The van der Waals surface area contributed by atoms with Crippen LogP contribution in [0.15, 0.2) is 5.38 Å². The van der Waals surface area contributed by atoms with Gasteiger partial charge in [-0.05, 0) is 62.5 Å². The number of nitrogens with zero attached hydrogens (tertiary/aromatic N) is 1. The summed E-state index contributed by atoms with van der Waals surface area (Å²) in [6.45, 7) is 9.05. The first kappa shape index (κ1) is 17.9. The smallest absolute Gasteiger partial charge is 0.252 e. The minimum atomic E-state index is 0.148. The fourth-order valence-electron chi connectivity index (χ4n) is 4.44. The highest BCUT2D eigenvalue weighted by Crippen LogP contribution is 2.29. The molecule has 1 amide bonds. The Balaban J connectivity index is 1.44. The van der Waals surface area contributed by atoms with Gasteiger partial charge in [-0.25, -0.2) is 0 Å². The molecule has 0 bridgehead atoms. The Morgan fingerprint density at radius 1 is 1.21 bits per heavy atom. The highest BCUT2D eigenvalue weighted by molar-refractivity contribution is 7.10. The summed E-state index contributed by atoms with van der Waals surface area (Å²) >= 11 is 1.79. The molecule has 1 N–H and O–H groups in total. The number of hydrogen-bond acceptors (Lipinski definition) is 3. The number of likely N-dealkylation sites (tertiary alicyclic amines) is 1. The Morgan fingerprint density at radius 3 is 2.75 bits per heavy atom. The van der Waals surface area contributed by atoms with Crippen molar-refractivity contribution in [3.05, 3.63) is 21.4 Å². The van der Waals surface area contributed by atoms with Gasteiger partial charge in [-0.15, -0.1) is 11.3 Å². The second-order valence-electron chi connectivity index (χ2n) is 7.93. The Kier molecular flexibility index (Phi) is 6.34. The van der Waals surface area contributed by atoms with Gasteiger partial charge in [0.2, 0.25) is 0 Å². The highest BCUT2D eigenvalue weighted by atomic mass is 32.1. The lowest BCUT2D eigenvalue weighted by molar-refractivity contribution is 0.0947. The van der Waals surface area contributed by atoms with Crippen LogP contribution in [0.2, 0.25) is 0 Å². The largest absolute Gasteiger partial charge is 0.352 e. The molecule has 2 heterocycles. The zero-order valence-electron chi connectivity index (χ0n) is 15.3. The van der Waals surface area contributed by atoms with Gasteiger partial charge in [-0.2, -0.15) is 0 Å². The Bertz CT molecular complexity index is 544. The van der Waals surface area contributed by atoms with Gasteiger partial charge in [0.05, 0.1) is 5.56 Å². The van der Waals surface area contributed by atoms with Crippen LogP contribution in [0.3, 0.4) is 0 Å². The molecule has 1 aromatic rings. The van der Waals surface area contributed by atoms with Crippen LogP contribution in [0.4, 0.5) is 0 Å². The third-order valence-corrected chi connectivity index (χ3v) is 6.53. The van der Waals surface area contributed by atoms with Crippen molar-refractivity contribution in [2.75, 3.05) is 26.2 Å². The molecule has 0 spiro atoms. The number of carbonyl (C=O) groups excluding carboxylic acids is 1. The predicted octanol–water partition coefficient (Wildman–Crippen LogP) is 4.11. The number of thiophene rings is 1. The SMILES string of the molecule is C[C@H]1C[C@H](C)CN(CCCNC(=O)c2csc3c2CCCCC3)C1. The van der Waals surface area contributed by atoms with Crippen molar-refractivity contribution < 1.29 is 4.79 Å². The molecule has 0 aromatic carbocycles. The van der Waals surface area contributed by atoms with Gasteiger partial charge in [0, 0.05) is 29.9 Å². The molecule has 0 unspecified atom stereocenters. The summed E-state index contributed by atoms with van der Waals surface area (Å²) in [5, 5.41) is 5.24. The van der Waals surface area contributed by atoms with E-state index in [-0.39, 0.29) is 5.91 Å². The van der Waals surface area contributed by atoms with Gasteiger partial charge in [-0.1, -0.05) is 20.3 Å². The first-order valence-electron chi connectivity index (χ1n) is 9.73. The molecule has 1 aromatic heterocycles. The van der Waals surface area contributed by atoms with Gasteiger partial charge < -0.3 is 10.2 Å². The maximum absolute atomic E-state index is 12.5. The summed E-state index contributed by atoms with van der Waals surface area (Å²) in [5.41, 5.74) is 2.30. The van der Waals surface area contributed by atoms with Crippen molar-refractivity contribution in [2.24, 2.45) is 11.8 Å². The standard InChI is InChI=1S/C20H32N2OS/c1-15-11-16(2)13-22(12-15)10-6-9-21-20(23)18-14-24-19-8-5-3-4-7-17(18)19/h14-16H,3-13H2,1-2H3,(H,21,23)/t15-,16-/m0/s1. The van der Waals surface area contributed by atoms with Crippen LogP contribution in [0.25, 0.3) is 0 Å². The van der Waals surface area contributed by atoms with E-state index in [0.29, 0.717) is 0 Å². The summed E-state index contributed by atoms with van der Waals surface area (Å²) in [6.07, 6.45) is 8.48. The lowest BCUT2D eigenvalue weighted by atomic mass is 9.92. The van der Waals surface area contributed by atoms with Crippen LogP contribution in [0.1, 0.15) is 66.8 Å². The number of hydrogen-bond donors (Lipinski definition) is 1. The first-order valence-corrected chi connectivity index (χ1v) is 10.6. The third kappa shape index (κ3) is 4.60. The van der Waals surface area contributed by atoms with Crippen LogP contribution in [-0.4, -0.2) is 37.0 Å². The molecule has 0 radical (unpaired) electrons. The van der Waals surface area contributed by atoms with Gasteiger partial charge in [-0.3, -0.25) is 4.79 Å².